The van der Waals surface area contributed by atoms with Crippen LogP contribution in [0.25, 0.3) is 5.65 Å². The smallest absolute Gasteiger partial charge is 0.275 e. The van der Waals surface area contributed by atoms with E-state index in [0.717, 1.165) is 12.0 Å². The Labute approximate surface area is 133 Å². The summed E-state index contributed by atoms with van der Waals surface area (Å²) in [4.78, 5) is 21.2. The number of pyridine rings is 2. The van der Waals surface area contributed by atoms with E-state index in [1.807, 2.05) is 19.9 Å². The molecule has 0 saturated heterocycles. The van der Waals surface area contributed by atoms with Gasteiger partial charge >= 0.3 is 0 Å². The van der Waals surface area contributed by atoms with Crippen molar-refractivity contribution in [2.45, 2.75) is 26.7 Å². The number of amides is 1. The van der Waals surface area contributed by atoms with Crippen LogP contribution in [0, 0.1) is 12.7 Å². The molecule has 0 atom stereocenters. The van der Waals surface area contributed by atoms with E-state index in [4.69, 9.17) is 0 Å². The van der Waals surface area contributed by atoms with Crippen molar-refractivity contribution in [2.75, 3.05) is 5.32 Å². The number of nitrogens with one attached hydrogen (secondary N) is 1. The number of nitrogens with zero attached hydrogens (tertiary/aromatic N) is 3. The predicted octanol–water partition coefficient (Wildman–Crippen LogP) is 3.38. The third kappa shape index (κ3) is 3.06. The van der Waals surface area contributed by atoms with Crippen LogP contribution >= 0.6 is 0 Å². The molecule has 118 valence electrons. The van der Waals surface area contributed by atoms with Crippen molar-refractivity contribution in [3.63, 3.8) is 0 Å². The highest BCUT2D eigenvalue weighted by molar-refractivity contribution is 6.04. The van der Waals surface area contributed by atoms with Crippen molar-refractivity contribution in [3.05, 3.63) is 59.4 Å². The molecule has 0 aliphatic heterocycles. The maximum Gasteiger partial charge on any atom is 0.275 e. The molecule has 0 saturated carbocycles. The molecule has 3 rings (SSSR count). The molecule has 0 aromatic carbocycles. The summed E-state index contributed by atoms with van der Waals surface area (Å²) in [6.45, 7) is 3.93. The minimum atomic E-state index is -0.416. The van der Waals surface area contributed by atoms with Gasteiger partial charge < -0.3 is 5.32 Å². The van der Waals surface area contributed by atoms with Crippen LogP contribution in [0.15, 0.2) is 36.7 Å². The zero-order valence-electron chi connectivity index (χ0n) is 13.0. The molecule has 3 aromatic heterocycles. The van der Waals surface area contributed by atoms with Crippen molar-refractivity contribution in [1.82, 2.24) is 14.4 Å². The molecule has 6 heteroatoms. The van der Waals surface area contributed by atoms with E-state index in [1.54, 1.807) is 18.3 Å². The van der Waals surface area contributed by atoms with Gasteiger partial charge in [-0.15, -0.1) is 0 Å². The van der Waals surface area contributed by atoms with Crippen LogP contribution in [-0.4, -0.2) is 20.3 Å². The third-order valence-corrected chi connectivity index (χ3v) is 3.51. The average molecular weight is 312 g/mol. The van der Waals surface area contributed by atoms with Crippen molar-refractivity contribution in [2.24, 2.45) is 0 Å². The number of hydrogen-bond acceptors (Lipinski definition) is 3. The first-order chi connectivity index (χ1) is 11.1. The molecule has 0 aliphatic rings. The zero-order chi connectivity index (χ0) is 16.4. The Morgan fingerprint density at radius 3 is 2.91 bits per heavy atom. The number of fused-ring (bicyclic) bond motifs is 1. The molecular weight excluding hydrogens is 295 g/mol. The number of anilines is 1. The minimum absolute atomic E-state index is 0.343. The lowest BCUT2D eigenvalue weighted by Crippen LogP contribution is -2.17. The monoisotopic (exact) mass is 312 g/mol. The van der Waals surface area contributed by atoms with E-state index in [-0.39, 0.29) is 5.91 Å². The van der Waals surface area contributed by atoms with Crippen molar-refractivity contribution in [1.29, 1.82) is 0 Å². The number of imidazole rings is 1. The molecule has 23 heavy (non-hydrogen) atoms. The fourth-order valence-corrected chi connectivity index (χ4v) is 2.50. The van der Waals surface area contributed by atoms with Gasteiger partial charge in [-0.2, -0.15) is 0 Å². The van der Waals surface area contributed by atoms with Gasteiger partial charge in [-0.25, -0.2) is 14.4 Å². The summed E-state index contributed by atoms with van der Waals surface area (Å²) in [6, 6.07) is 6.53. The Morgan fingerprint density at radius 1 is 1.35 bits per heavy atom. The summed E-state index contributed by atoms with van der Waals surface area (Å²) in [6.07, 6.45) is 4.40. The Bertz CT molecular complexity index is 872. The molecule has 0 radical (unpaired) electrons. The van der Waals surface area contributed by atoms with Crippen molar-refractivity contribution in [3.8, 4) is 0 Å². The van der Waals surface area contributed by atoms with Crippen LogP contribution < -0.4 is 5.32 Å². The second-order valence-corrected chi connectivity index (χ2v) is 5.41. The Kier molecular flexibility index (Phi) is 4.06. The van der Waals surface area contributed by atoms with Gasteiger partial charge in [-0.05, 0) is 43.2 Å². The summed E-state index contributed by atoms with van der Waals surface area (Å²) >= 11 is 0. The fourth-order valence-electron chi connectivity index (χ4n) is 2.50. The van der Waals surface area contributed by atoms with E-state index >= 15 is 0 Å². The highest BCUT2D eigenvalue weighted by atomic mass is 19.1. The maximum atomic E-state index is 13.6. The number of carbonyl (C=O) groups excluding carboxylic acids is 1. The van der Waals surface area contributed by atoms with E-state index in [9.17, 15) is 9.18 Å². The van der Waals surface area contributed by atoms with Gasteiger partial charge in [0.15, 0.2) is 0 Å². The summed E-state index contributed by atoms with van der Waals surface area (Å²) < 4.78 is 15.1. The van der Waals surface area contributed by atoms with Gasteiger partial charge in [0.1, 0.15) is 23.0 Å². The Hall–Kier alpha value is -2.76. The fraction of sp³-hybridized carbons (Fsp3) is 0.235. The molecular formula is C17H17FN4O. The maximum absolute atomic E-state index is 13.6. The van der Waals surface area contributed by atoms with Gasteiger partial charge in [-0.3, -0.25) is 9.20 Å². The third-order valence-electron chi connectivity index (χ3n) is 3.51. The standard InChI is InChI=1S/C17H17FN4O/c1-3-4-13-16(22-10-12(18)5-6-15(22)20-13)17(23)21-14-9-11(2)7-8-19-14/h5-10H,3-4H2,1-2H3,(H,19,21,23). The predicted molar refractivity (Wildman–Crippen MR) is 86.1 cm³/mol. The molecule has 3 aromatic rings. The molecule has 0 spiro atoms. The first-order valence-corrected chi connectivity index (χ1v) is 7.49. The molecule has 0 fully saturated rings. The quantitative estimate of drug-likeness (QED) is 0.803. The summed E-state index contributed by atoms with van der Waals surface area (Å²) in [5.41, 5.74) is 2.55. The topological polar surface area (TPSA) is 59.3 Å². The summed E-state index contributed by atoms with van der Waals surface area (Å²) in [5, 5.41) is 2.76. The van der Waals surface area contributed by atoms with Crippen LogP contribution in [0.4, 0.5) is 10.2 Å². The molecule has 0 aliphatic carbocycles. The molecule has 0 bridgehead atoms. The first kappa shape index (κ1) is 15.1. The number of halogens is 1. The van der Waals surface area contributed by atoms with Crippen molar-refractivity contribution >= 4 is 17.4 Å². The van der Waals surface area contributed by atoms with E-state index in [0.29, 0.717) is 29.3 Å². The lowest BCUT2D eigenvalue weighted by atomic mass is 10.2. The van der Waals surface area contributed by atoms with Gasteiger partial charge in [0, 0.05) is 12.4 Å². The molecule has 1 N–H and O–H groups in total. The van der Waals surface area contributed by atoms with Gasteiger partial charge in [0.25, 0.3) is 5.91 Å². The van der Waals surface area contributed by atoms with E-state index in [2.05, 4.69) is 15.3 Å². The highest BCUT2D eigenvalue weighted by Crippen LogP contribution is 2.17. The van der Waals surface area contributed by atoms with Gasteiger partial charge in [0.05, 0.1) is 5.69 Å². The van der Waals surface area contributed by atoms with Gasteiger partial charge in [-0.1, -0.05) is 13.3 Å². The highest BCUT2D eigenvalue weighted by Gasteiger charge is 2.19. The average Bonchev–Trinajstić information content (AvgIpc) is 2.85. The summed E-state index contributed by atoms with van der Waals surface area (Å²) in [5.74, 6) is -0.297. The van der Waals surface area contributed by atoms with E-state index in [1.165, 1.54) is 16.7 Å². The number of hydrogen-bond donors (Lipinski definition) is 1. The van der Waals surface area contributed by atoms with E-state index < -0.39 is 5.82 Å². The normalized spacial score (nSPS) is 10.9. The SMILES string of the molecule is CCCc1nc2ccc(F)cn2c1C(=O)Nc1cc(C)ccn1. The van der Waals surface area contributed by atoms with Crippen LogP contribution in [0.1, 0.15) is 35.1 Å². The summed E-state index contributed by atoms with van der Waals surface area (Å²) in [7, 11) is 0. The second kappa shape index (κ2) is 6.16. The van der Waals surface area contributed by atoms with Crippen LogP contribution in [0.3, 0.4) is 0 Å². The molecule has 1 amide bonds. The first-order valence-electron chi connectivity index (χ1n) is 7.49. The largest absolute Gasteiger partial charge is 0.305 e. The zero-order valence-corrected chi connectivity index (χ0v) is 13.0. The number of rotatable bonds is 4. The van der Waals surface area contributed by atoms with Crippen molar-refractivity contribution < 1.29 is 9.18 Å². The Morgan fingerprint density at radius 2 is 2.17 bits per heavy atom. The number of carbonyl (C=O) groups is 1. The number of aryl methyl sites for hydroxylation is 2. The number of aromatic nitrogens is 3. The lowest BCUT2D eigenvalue weighted by Gasteiger charge is -2.07. The lowest BCUT2D eigenvalue weighted by molar-refractivity contribution is 0.102. The molecule has 5 nitrogen and oxygen atoms in total. The minimum Gasteiger partial charge on any atom is -0.305 e. The van der Waals surface area contributed by atoms with Gasteiger partial charge in [0.2, 0.25) is 0 Å². The Balaban J connectivity index is 2.04. The van der Waals surface area contributed by atoms with Crippen LogP contribution in [-0.2, 0) is 6.42 Å². The van der Waals surface area contributed by atoms with Crippen LogP contribution in [0.2, 0.25) is 0 Å². The second-order valence-electron chi connectivity index (χ2n) is 5.41. The molecule has 0 unspecified atom stereocenters. The molecule has 3 heterocycles. The van der Waals surface area contributed by atoms with Crippen LogP contribution in [0.5, 0.6) is 0 Å².